The molecule has 0 aromatic rings. The summed E-state index contributed by atoms with van der Waals surface area (Å²) in [6, 6.07) is 0.473. The number of amides is 1. The molecular formula is C16H32N4O2. The number of carbonyl (C=O) groups is 1. The third-order valence-corrected chi connectivity index (χ3v) is 3.78. The van der Waals surface area contributed by atoms with Crippen molar-refractivity contribution in [3.05, 3.63) is 0 Å². The third-order valence-electron chi connectivity index (χ3n) is 3.78. The van der Waals surface area contributed by atoms with Gasteiger partial charge in [-0.3, -0.25) is 4.79 Å². The van der Waals surface area contributed by atoms with E-state index in [-0.39, 0.29) is 12.5 Å². The molecule has 0 heterocycles. The highest BCUT2D eigenvalue weighted by molar-refractivity contribution is 5.84. The van der Waals surface area contributed by atoms with Gasteiger partial charge in [0.1, 0.15) is 6.54 Å². The van der Waals surface area contributed by atoms with Crippen LogP contribution in [0.3, 0.4) is 0 Å². The predicted molar refractivity (Wildman–Crippen MR) is 90.1 cm³/mol. The second-order valence-corrected chi connectivity index (χ2v) is 5.91. The van der Waals surface area contributed by atoms with E-state index in [1.807, 2.05) is 6.92 Å². The zero-order valence-corrected chi connectivity index (χ0v) is 14.4. The first-order valence-electron chi connectivity index (χ1n) is 8.46. The molecule has 0 saturated heterocycles. The molecule has 22 heavy (non-hydrogen) atoms. The van der Waals surface area contributed by atoms with Gasteiger partial charge in [0.05, 0.1) is 0 Å². The lowest BCUT2D eigenvalue weighted by molar-refractivity contribution is -0.127. The van der Waals surface area contributed by atoms with Crippen LogP contribution in [-0.2, 0) is 9.53 Å². The Hall–Kier alpha value is -1.30. The van der Waals surface area contributed by atoms with Crippen LogP contribution < -0.4 is 10.6 Å². The fourth-order valence-corrected chi connectivity index (χ4v) is 2.41. The minimum atomic E-state index is 0.0130. The summed E-state index contributed by atoms with van der Waals surface area (Å²) in [4.78, 5) is 17.7. The fraction of sp³-hybridized carbons (Fsp3) is 0.875. The molecule has 1 saturated carbocycles. The molecule has 1 amide bonds. The highest BCUT2D eigenvalue weighted by atomic mass is 16.5. The van der Waals surface area contributed by atoms with Gasteiger partial charge in [-0.1, -0.05) is 19.3 Å². The van der Waals surface area contributed by atoms with E-state index in [1.165, 1.54) is 32.1 Å². The average Bonchev–Trinajstić information content (AvgIpc) is 2.52. The number of carbonyl (C=O) groups excluding carboxylic acids is 1. The normalized spacial score (nSPS) is 16.4. The molecule has 1 aliphatic carbocycles. The average molecular weight is 312 g/mol. The fourth-order valence-electron chi connectivity index (χ4n) is 2.41. The molecule has 0 radical (unpaired) electrons. The van der Waals surface area contributed by atoms with Gasteiger partial charge in [0, 0.05) is 39.9 Å². The zero-order chi connectivity index (χ0) is 16.2. The maximum absolute atomic E-state index is 11.7. The molecule has 0 aromatic heterocycles. The number of nitrogens with one attached hydrogen (secondary N) is 2. The van der Waals surface area contributed by atoms with Crippen molar-refractivity contribution in [2.45, 2.75) is 51.5 Å². The van der Waals surface area contributed by atoms with Crippen molar-refractivity contribution in [1.82, 2.24) is 15.5 Å². The number of nitrogens with zero attached hydrogens (tertiary/aromatic N) is 2. The Balaban J connectivity index is 2.43. The van der Waals surface area contributed by atoms with Crippen molar-refractivity contribution in [1.29, 1.82) is 0 Å². The molecular weight excluding hydrogens is 280 g/mol. The number of rotatable bonds is 8. The largest absolute Gasteiger partial charge is 0.382 e. The van der Waals surface area contributed by atoms with Crippen molar-refractivity contribution < 1.29 is 9.53 Å². The number of guanidine groups is 1. The standard InChI is InChI=1S/C16H32N4O2/c1-4-22-12-8-11-17-16(18-13-15(21)20(2)3)19-14-9-6-5-7-10-14/h14H,4-13H2,1-3H3,(H2,17,18,19). The van der Waals surface area contributed by atoms with Crippen LogP contribution in [0.5, 0.6) is 0 Å². The van der Waals surface area contributed by atoms with Gasteiger partial charge in [0.15, 0.2) is 5.96 Å². The van der Waals surface area contributed by atoms with Crippen LogP contribution in [0.2, 0.25) is 0 Å². The molecule has 0 aromatic carbocycles. The van der Waals surface area contributed by atoms with Gasteiger partial charge in [-0.25, -0.2) is 4.99 Å². The number of likely N-dealkylation sites (N-methyl/N-ethyl adjacent to an activating group) is 1. The van der Waals surface area contributed by atoms with E-state index < -0.39 is 0 Å². The van der Waals surface area contributed by atoms with Crippen LogP contribution >= 0.6 is 0 Å². The Morgan fingerprint density at radius 1 is 1.27 bits per heavy atom. The van der Waals surface area contributed by atoms with E-state index in [2.05, 4.69) is 15.6 Å². The molecule has 6 heteroatoms. The smallest absolute Gasteiger partial charge is 0.243 e. The Morgan fingerprint density at radius 3 is 2.64 bits per heavy atom. The molecule has 0 atom stereocenters. The van der Waals surface area contributed by atoms with E-state index in [4.69, 9.17) is 4.74 Å². The summed E-state index contributed by atoms with van der Waals surface area (Å²) < 4.78 is 5.33. The monoisotopic (exact) mass is 312 g/mol. The quantitative estimate of drug-likeness (QED) is 0.404. The van der Waals surface area contributed by atoms with Gasteiger partial charge in [-0.05, 0) is 26.2 Å². The maximum atomic E-state index is 11.7. The van der Waals surface area contributed by atoms with Gasteiger partial charge in [0.2, 0.25) is 5.91 Å². The molecule has 6 nitrogen and oxygen atoms in total. The Bertz CT molecular complexity index is 339. The lowest BCUT2D eigenvalue weighted by Gasteiger charge is -2.25. The molecule has 0 aliphatic heterocycles. The number of aliphatic imine (C=N–C) groups is 1. The van der Waals surface area contributed by atoms with E-state index in [0.29, 0.717) is 6.04 Å². The number of hydrogen-bond donors (Lipinski definition) is 2. The number of hydrogen-bond acceptors (Lipinski definition) is 3. The first-order valence-corrected chi connectivity index (χ1v) is 8.46. The van der Waals surface area contributed by atoms with Crippen LogP contribution in [0.15, 0.2) is 4.99 Å². The summed E-state index contributed by atoms with van der Waals surface area (Å²) in [6.45, 7) is 4.47. The highest BCUT2D eigenvalue weighted by Gasteiger charge is 2.15. The second-order valence-electron chi connectivity index (χ2n) is 5.91. The summed E-state index contributed by atoms with van der Waals surface area (Å²) in [5.41, 5.74) is 0. The zero-order valence-electron chi connectivity index (χ0n) is 14.4. The van der Waals surface area contributed by atoms with Crippen molar-refractivity contribution in [3.63, 3.8) is 0 Å². The summed E-state index contributed by atoms with van der Waals surface area (Å²) in [7, 11) is 3.50. The summed E-state index contributed by atoms with van der Waals surface area (Å²) in [5, 5.41) is 6.78. The van der Waals surface area contributed by atoms with Gasteiger partial charge < -0.3 is 20.3 Å². The van der Waals surface area contributed by atoms with Crippen LogP contribution in [0.1, 0.15) is 45.4 Å². The highest BCUT2D eigenvalue weighted by Crippen LogP contribution is 2.17. The van der Waals surface area contributed by atoms with Gasteiger partial charge in [-0.2, -0.15) is 0 Å². The van der Waals surface area contributed by atoms with Gasteiger partial charge in [-0.15, -0.1) is 0 Å². The predicted octanol–water partition coefficient (Wildman–Crippen LogP) is 1.37. The molecule has 1 fully saturated rings. The molecule has 0 bridgehead atoms. The second kappa shape index (κ2) is 11.3. The molecule has 0 spiro atoms. The maximum Gasteiger partial charge on any atom is 0.243 e. The van der Waals surface area contributed by atoms with Crippen molar-refractivity contribution in [2.24, 2.45) is 4.99 Å². The van der Waals surface area contributed by atoms with E-state index in [9.17, 15) is 4.79 Å². The van der Waals surface area contributed by atoms with Crippen LogP contribution in [0, 0.1) is 0 Å². The van der Waals surface area contributed by atoms with Crippen LogP contribution in [0.25, 0.3) is 0 Å². The molecule has 1 rings (SSSR count). The third kappa shape index (κ3) is 8.22. The van der Waals surface area contributed by atoms with Crippen LogP contribution in [0.4, 0.5) is 0 Å². The first kappa shape index (κ1) is 18.7. The molecule has 1 aliphatic rings. The molecule has 128 valence electrons. The lowest BCUT2D eigenvalue weighted by Crippen LogP contribution is -2.45. The first-order chi connectivity index (χ1) is 10.6. The topological polar surface area (TPSA) is 66.0 Å². The molecule has 0 unspecified atom stereocenters. The lowest BCUT2D eigenvalue weighted by atomic mass is 9.96. The minimum Gasteiger partial charge on any atom is -0.382 e. The minimum absolute atomic E-state index is 0.0130. The van der Waals surface area contributed by atoms with Crippen molar-refractivity contribution in [3.8, 4) is 0 Å². The molecule has 2 N–H and O–H groups in total. The van der Waals surface area contributed by atoms with E-state index in [0.717, 1.165) is 32.1 Å². The Kier molecular flexibility index (Phi) is 9.62. The van der Waals surface area contributed by atoms with Crippen molar-refractivity contribution in [2.75, 3.05) is 40.4 Å². The summed E-state index contributed by atoms with van der Waals surface area (Å²) >= 11 is 0. The summed E-state index contributed by atoms with van der Waals surface area (Å²) in [6.07, 6.45) is 7.16. The van der Waals surface area contributed by atoms with E-state index >= 15 is 0 Å². The van der Waals surface area contributed by atoms with E-state index in [1.54, 1.807) is 19.0 Å². The SMILES string of the molecule is CCOCCCNC(=NCC(=O)N(C)C)NC1CCCCC1. The van der Waals surface area contributed by atoms with Gasteiger partial charge >= 0.3 is 0 Å². The summed E-state index contributed by atoms with van der Waals surface area (Å²) in [5.74, 6) is 0.762. The van der Waals surface area contributed by atoms with Gasteiger partial charge in [0.25, 0.3) is 0 Å². The Morgan fingerprint density at radius 2 is 2.00 bits per heavy atom. The number of ether oxygens (including phenoxy) is 1. The van der Waals surface area contributed by atoms with Crippen molar-refractivity contribution >= 4 is 11.9 Å². The van der Waals surface area contributed by atoms with Crippen LogP contribution in [-0.4, -0.2) is 63.2 Å². The Labute approximate surface area is 134 Å².